The summed E-state index contributed by atoms with van der Waals surface area (Å²) in [6.45, 7) is 0.318. The molecule has 1 aromatic rings. The van der Waals surface area contributed by atoms with E-state index in [4.69, 9.17) is 0 Å². The summed E-state index contributed by atoms with van der Waals surface area (Å²) in [6, 6.07) is 3.17. The molecule has 0 saturated carbocycles. The smallest absolute Gasteiger partial charge is 0.242 e. The minimum Gasteiger partial charge on any atom is -0.258 e. The van der Waals surface area contributed by atoms with Crippen LogP contribution in [0.5, 0.6) is 0 Å². The van der Waals surface area contributed by atoms with E-state index in [1.807, 2.05) is 0 Å². The van der Waals surface area contributed by atoms with Gasteiger partial charge in [-0.05, 0) is 12.1 Å². The molecule has 2 rings (SSSR count). The Morgan fingerprint density at radius 1 is 1.55 bits per heavy atom. The maximum Gasteiger partial charge on any atom is 0.242 e. The first kappa shape index (κ1) is 6.75. The molecule has 1 aromatic heterocycles. The standard InChI is InChI=1S/C6H6N2O2S/c9-11(10)6-2-1-3-7-5(6)4-8-11/h1-3,8H,4H2. The fraction of sp³-hybridized carbons (Fsp3) is 0.167. The highest BCUT2D eigenvalue weighted by atomic mass is 32.2. The first-order chi connectivity index (χ1) is 5.20. The molecule has 11 heavy (non-hydrogen) atoms. The van der Waals surface area contributed by atoms with Crippen molar-refractivity contribution in [2.24, 2.45) is 0 Å². The van der Waals surface area contributed by atoms with Crippen LogP contribution in [0.4, 0.5) is 0 Å². The Labute approximate surface area is 64.3 Å². The maximum absolute atomic E-state index is 11.1. The average Bonchev–Trinajstić information content (AvgIpc) is 2.29. The van der Waals surface area contributed by atoms with Crippen LogP contribution in [0.3, 0.4) is 0 Å². The molecule has 0 spiro atoms. The van der Waals surface area contributed by atoms with Gasteiger partial charge in [-0.3, -0.25) is 4.98 Å². The Hall–Kier alpha value is -0.940. The lowest BCUT2D eigenvalue weighted by atomic mass is 10.3. The number of sulfonamides is 1. The lowest BCUT2D eigenvalue weighted by Crippen LogP contribution is -2.13. The van der Waals surface area contributed by atoms with Crippen molar-refractivity contribution < 1.29 is 8.42 Å². The van der Waals surface area contributed by atoms with Crippen molar-refractivity contribution in [3.8, 4) is 0 Å². The fourth-order valence-corrected chi connectivity index (χ4v) is 2.22. The lowest BCUT2D eigenvalue weighted by molar-refractivity contribution is 0.589. The summed E-state index contributed by atoms with van der Waals surface area (Å²) in [5.74, 6) is 0. The summed E-state index contributed by atoms with van der Waals surface area (Å²) in [6.07, 6.45) is 1.58. The van der Waals surface area contributed by atoms with Crippen LogP contribution in [0.25, 0.3) is 0 Å². The second kappa shape index (κ2) is 2.02. The minimum absolute atomic E-state index is 0.306. The number of nitrogens with zero attached hydrogens (tertiary/aromatic N) is 1. The topological polar surface area (TPSA) is 59.1 Å². The van der Waals surface area contributed by atoms with Crippen molar-refractivity contribution in [2.75, 3.05) is 0 Å². The van der Waals surface area contributed by atoms with Crippen LogP contribution < -0.4 is 4.72 Å². The van der Waals surface area contributed by atoms with Gasteiger partial charge in [-0.25, -0.2) is 13.1 Å². The second-order valence-corrected chi connectivity index (χ2v) is 4.01. The zero-order chi connectivity index (χ0) is 7.90. The monoisotopic (exact) mass is 170 g/mol. The fourth-order valence-electron chi connectivity index (χ4n) is 1.04. The summed E-state index contributed by atoms with van der Waals surface area (Å²) >= 11 is 0. The highest BCUT2D eigenvalue weighted by Gasteiger charge is 2.25. The van der Waals surface area contributed by atoms with Crippen molar-refractivity contribution in [2.45, 2.75) is 11.4 Å². The van der Waals surface area contributed by atoms with Gasteiger partial charge in [0.2, 0.25) is 10.0 Å². The summed E-state index contributed by atoms with van der Waals surface area (Å²) in [5, 5.41) is 0. The molecule has 1 aliphatic rings. The third kappa shape index (κ3) is 0.928. The molecular formula is C6H6N2O2S. The molecular weight excluding hydrogens is 164 g/mol. The van der Waals surface area contributed by atoms with E-state index in [0.717, 1.165) is 0 Å². The van der Waals surface area contributed by atoms with Gasteiger partial charge in [0.15, 0.2) is 0 Å². The van der Waals surface area contributed by atoms with E-state index in [1.54, 1.807) is 18.3 Å². The van der Waals surface area contributed by atoms with Crippen LogP contribution >= 0.6 is 0 Å². The predicted molar refractivity (Wildman–Crippen MR) is 38.3 cm³/mol. The number of nitrogens with one attached hydrogen (secondary N) is 1. The Balaban J connectivity index is 2.75. The molecule has 0 fully saturated rings. The summed E-state index contributed by atoms with van der Waals surface area (Å²) in [4.78, 5) is 4.22. The van der Waals surface area contributed by atoms with Gasteiger partial charge in [-0.15, -0.1) is 0 Å². The van der Waals surface area contributed by atoms with E-state index in [2.05, 4.69) is 9.71 Å². The van der Waals surface area contributed by atoms with Crippen molar-refractivity contribution >= 4 is 10.0 Å². The van der Waals surface area contributed by atoms with Crippen molar-refractivity contribution in [1.82, 2.24) is 9.71 Å². The zero-order valence-corrected chi connectivity index (χ0v) is 6.43. The van der Waals surface area contributed by atoms with Gasteiger partial charge in [0.25, 0.3) is 0 Å². The molecule has 2 heterocycles. The molecule has 0 radical (unpaired) electrons. The van der Waals surface area contributed by atoms with Crippen molar-refractivity contribution in [3.63, 3.8) is 0 Å². The van der Waals surface area contributed by atoms with Crippen LogP contribution in [0, 0.1) is 0 Å². The summed E-state index contributed by atoms with van der Waals surface area (Å²) in [7, 11) is -3.22. The third-order valence-electron chi connectivity index (χ3n) is 1.57. The largest absolute Gasteiger partial charge is 0.258 e. The Kier molecular flexibility index (Phi) is 1.24. The molecule has 5 heteroatoms. The van der Waals surface area contributed by atoms with Gasteiger partial charge < -0.3 is 0 Å². The van der Waals surface area contributed by atoms with Crippen LogP contribution in [0.1, 0.15) is 5.69 Å². The number of hydrogen-bond donors (Lipinski definition) is 1. The molecule has 4 nitrogen and oxygen atoms in total. The molecule has 0 saturated heterocycles. The lowest BCUT2D eigenvalue weighted by Gasteiger charge is -1.92. The molecule has 58 valence electrons. The first-order valence-electron chi connectivity index (χ1n) is 3.14. The van der Waals surface area contributed by atoms with Gasteiger partial charge in [0.1, 0.15) is 4.90 Å². The van der Waals surface area contributed by atoms with E-state index in [9.17, 15) is 8.42 Å². The second-order valence-electron chi connectivity index (χ2n) is 2.27. The molecule has 0 bridgehead atoms. The number of pyridine rings is 1. The highest BCUT2D eigenvalue weighted by molar-refractivity contribution is 7.89. The van der Waals surface area contributed by atoms with Gasteiger partial charge in [0.05, 0.1) is 12.2 Å². The Morgan fingerprint density at radius 3 is 3.09 bits per heavy atom. The van der Waals surface area contributed by atoms with E-state index in [1.165, 1.54) is 0 Å². The third-order valence-corrected chi connectivity index (χ3v) is 3.04. The van der Waals surface area contributed by atoms with E-state index >= 15 is 0 Å². The quantitative estimate of drug-likeness (QED) is 0.590. The molecule has 1 aliphatic heterocycles. The Morgan fingerprint density at radius 2 is 2.36 bits per heavy atom. The predicted octanol–water partition coefficient (Wildman–Crippen LogP) is -0.127. The normalized spacial score (nSPS) is 19.6. The van der Waals surface area contributed by atoms with Crippen molar-refractivity contribution in [1.29, 1.82) is 0 Å². The average molecular weight is 170 g/mol. The number of rotatable bonds is 0. The Bertz CT molecular complexity index is 385. The van der Waals surface area contributed by atoms with Crippen LogP contribution in [-0.2, 0) is 16.6 Å². The summed E-state index contributed by atoms with van der Waals surface area (Å²) < 4.78 is 24.6. The van der Waals surface area contributed by atoms with Gasteiger partial charge >= 0.3 is 0 Å². The van der Waals surface area contributed by atoms with Crippen LogP contribution in [-0.4, -0.2) is 13.4 Å². The molecule has 0 atom stereocenters. The number of fused-ring (bicyclic) bond motifs is 1. The SMILES string of the molecule is O=S1(=O)NCc2ncccc21. The van der Waals surface area contributed by atoms with E-state index in [-0.39, 0.29) is 0 Å². The van der Waals surface area contributed by atoms with Crippen molar-refractivity contribution in [3.05, 3.63) is 24.0 Å². The van der Waals surface area contributed by atoms with E-state index < -0.39 is 10.0 Å². The van der Waals surface area contributed by atoms with E-state index in [0.29, 0.717) is 17.1 Å². The van der Waals surface area contributed by atoms with Crippen LogP contribution in [0.2, 0.25) is 0 Å². The first-order valence-corrected chi connectivity index (χ1v) is 4.62. The van der Waals surface area contributed by atoms with Gasteiger partial charge in [-0.2, -0.15) is 0 Å². The number of hydrogen-bond acceptors (Lipinski definition) is 3. The summed E-state index contributed by atoms with van der Waals surface area (Å²) in [5.41, 5.74) is 0.604. The van der Waals surface area contributed by atoms with Gasteiger partial charge in [0, 0.05) is 6.20 Å². The zero-order valence-electron chi connectivity index (χ0n) is 5.61. The van der Waals surface area contributed by atoms with Gasteiger partial charge in [-0.1, -0.05) is 0 Å². The molecule has 0 aromatic carbocycles. The molecule has 0 aliphatic carbocycles. The van der Waals surface area contributed by atoms with Crippen LogP contribution in [0.15, 0.2) is 23.2 Å². The number of aromatic nitrogens is 1. The molecule has 1 N–H and O–H groups in total. The maximum atomic E-state index is 11.1. The molecule has 0 amide bonds. The highest BCUT2D eigenvalue weighted by Crippen LogP contribution is 2.18. The molecule has 0 unspecified atom stereocenters. The minimum atomic E-state index is -3.22.